The van der Waals surface area contributed by atoms with Crippen LogP contribution < -0.4 is 5.32 Å². The van der Waals surface area contributed by atoms with Crippen LogP contribution in [0.15, 0.2) is 23.5 Å². The van der Waals surface area contributed by atoms with E-state index in [2.05, 4.69) is 20.5 Å². The van der Waals surface area contributed by atoms with Gasteiger partial charge in [0.05, 0.1) is 10.8 Å². The van der Waals surface area contributed by atoms with E-state index in [0.717, 1.165) is 23.9 Å². The van der Waals surface area contributed by atoms with E-state index in [9.17, 15) is 4.79 Å². The first-order valence-corrected chi connectivity index (χ1v) is 7.96. The fraction of sp³-hybridized carbons (Fsp3) is 0.385. The molecule has 0 saturated carbocycles. The van der Waals surface area contributed by atoms with E-state index < -0.39 is 0 Å². The minimum atomic E-state index is -0.140. The van der Waals surface area contributed by atoms with Crippen LogP contribution in [-0.2, 0) is 17.8 Å². The molecule has 2 rings (SSSR count). The second kappa shape index (κ2) is 7.42. The molecule has 0 bridgehead atoms. The molecule has 0 aliphatic carbocycles. The lowest BCUT2D eigenvalue weighted by Gasteiger charge is -2.06. The summed E-state index contributed by atoms with van der Waals surface area (Å²) < 4.78 is 2.01. The van der Waals surface area contributed by atoms with E-state index in [1.807, 2.05) is 18.4 Å². The standard InChI is InChI=1S/C13H16ClN5OS/c1-3-11-17-18-13(19(11)4-2)21-8-12(20)16-10-6-5-9(14)7-15-10/h5-7H,3-4,8H2,1-2H3,(H,15,16,20). The Balaban J connectivity index is 1.92. The zero-order valence-electron chi connectivity index (χ0n) is 11.8. The van der Waals surface area contributed by atoms with Crippen LogP contribution in [0.3, 0.4) is 0 Å². The van der Waals surface area contributed by atoms with Gasteiger partial charge in [0.25, 0.3) is 0 Å². The van der Waals surface area contributed by atoms with E-state index in [1.165, 1.54) is 18.0 Å². The summed E-state index contributed by atoms with van der Waals surface area (Å²) in [5.74, 6) is 1.53. The first-order valence-electron chi connectivity index (χ1n) is 6.60. The van der Waals surface area contributed by atoms with Crippen LogP contribution in [0.4, 0.5) is 5.82 Å². The van der Waals surface area contributed by atoms with Crippen LogP contribution in [0, 0.1) is 0 Å². The number of halogens is 1. The monoisotopic (exact) mass is 325 g/mol. The van der Waals surface area contributed by atoms with Crippen molar-refractivity contribution in [1.82, 2.24) is 19.7 Å². The summed E-state index contributed by atoms with van der Waals surface area (Å²) in [7, 11) is 0. The number of nitrogens with one attached hydrogen (secondary N) is 1. The molecular formula is C13H16ClN5OS. The van der Waals surface area contributed by atoms with E-state index in [-0.39, 0.29) is 11.7 Å². The highest BCUT2D eigenvalue weighted by Crippen LogP contribution is 2.18. The number of aromatic nitrogens is 4. The molecule has 0 aliphatic rings. The third-order valence-corrected chi connectivity index (χ3v) is 3.94. The Morgan fingerprint density at radius 3 is 2.81 bits per heavy atom. The van der Waals surface area contributed by atoms with Gasteiger partial charge in [0, 0.05) is 19.2 Å². The number of aryl methyl sites for hydroxylation is 1. The summed E-state index contributed by atoms with van der Waals surface area (Å²) in [6.45, 7) is 4.85. The highest BCUT2D eigenvalue weighted by molar-refractivity contribution is 7.99. The molecule has 0 aliphatic heterocycles. The number of pyridine rings is 1. The molecule has 8 heteroatoms. The van der Waals surface area contributed by atoms with Crippen LogP contribution in [-0.4, -0.2) is 31.4 Å². The van der Waals surface area contributed by atoms with Crippen molar-refractivity contribution >= 4 is 35.1 Å². The topological polar surface area (TPSA) is 72.7 Å². The summed E-state index contributed by atoms with van der Waals surface area (Å²) in [6.07, 6.45) is 2.31. The highest BCUT2D eigenvalue weighted by Gasteiger charge is 2.12. The molecule has 0 saturated heterocycles. The van der Waals surface area contributed by atoms with E-state index in [1.54, 1.807) is 12.1 Å². The SMILES string of the molecule is CCc1nnc(SCC(=O)Nc2ccc(Cl)cn2)n1CC. The smallest absolute Gasteiger partial charge is 0.236 e. The van der Waals surface area contributed by atoms with Gasteiger partial charge in [-0.15, -0.1) is 10.2 Å². The van der Waals surface area contributed by atoms with Gasteiger partial charge in [0.15, 0.2) is 5.16 Å². The van der Waals surface area contributed by atoms with Crippen LogP contribution in [0.2, 0.25) is 5.02 Å². The highest BCUT2D eigenvalue weighted by atomic mass is 35.5. The van der Waals surface area contributed by atoms with Crippen molar-refractivity contribution in [3.63, 3.8) is 0 Å². The van der Waals surface area contributed by atoms with Crippen LogP contribution in [0.25, 0.3) is 0 Å². The maximum atomic E-state index is 11.9. The zero-order chi connectivity index (χ0) is 15.2. The normalized spacial score (nSPS) is 10.6. The van der Waals surface area contributed by atoms with Gasteiger partial charge < -0.3 is 9.88 Å². The van der Waals surface area contributed by atoms with Crippen molar-refractivity contribution in [3.8, 4) is 0 Å². The second-order valence-corrected chi connectivity index (χ2v) is 5.57. The molecular weight excluding hydrogens is 310 g/mol. The van der Waals surface area contributed by atoms with Gasteiger partial charge in [-0.1, -0.05) is 30.3 Å². The number of carbonyl (C=O) groups is 1. The number of hydrogen-bond acceptors (Lipinski definition) is 5. The molecule has 2 aromatic rings. The number of anilines is 1. The van der Waals surface area contributed by atoms with Crippen LogP contribution >= 0.6 is 23.4 Å². The lowest BCUT2D eigenvalue weighted by Crippen LogP contribution is -2.15. The second-order valence-electron chi connectivity index (χ2n) is 4.20. The van der Waals surface area contributed by atoms with Crippen molar-refractivity contribution in [2.45, 2.75) is 32.0 Å². The van der Waals surface area contributed by atoms with Gasteiger partial charge in [-0.05, 0) is 19.1 Å². The largest absolute Gasteiger partial charge is 0.310 e. The minimum Gasteiger partial charge on any atom is -0.310 e. The van der Waals surface area contributed by atoms with Gasteiger partial charge in [-0.3, -0.25) is 4.79 Å². The van der Waals surface area contributed by atoms with E-state index in [0.29, 0.717) is 10.8 Å². The van der Waals surface area contributed by atoms with Gasteiger partial charge in [-0.2, -0.15) is 0 Å². The fourth-order valence-corrected chi connectivity index (χ4v) is 2.70. The number of amides is 1. The molecule has 21 heavy (non-hydrogen) atoms. The van der Waals surface area contributed by atoms with Crippen molar-refractivity contribution < 1.29 is 4.79 Å². The average molecular weight is 326 g/mol. The molecule has 0 atom stereocenters. The minimum absolute atomic E-state index is 0.140. The molecule has 0 radical (unpaired) electrons. The third kappa shape index (κ3) is 4.18. The Morgan fingerprint density at radius 1 is 1.38 bits per heavy atom. The number of hydrogen-bond donors (Lipinski definition) is 1. The molecule has 0 spiro atoms. The summed E-state index contributed by atoms with van der Waals surface area (Å²) in [4.78, 5) is 15.9. The Hall–Kier alpha value is -1.60. The number of nitrogens with zero attached hydrogens (tertiary/aromatic N) is 4. The molecule has 2 aromatic heterocycles. The molecule has 1 N–H and O–H groups in total. The maximum Gasteiger partial charge on any atom is 0.236 e. The fourth-order valence-electron chi connectivity index (χ4n) is 1.76. The Kier molecular flexibility index (Phi) is 5.58. The summed E-state index contributed by atoms with van der Waals surface area (Å²) >= 11 is 7.10. The summed E-state index contributed by atoms with van der Waals surface area (Å²) in [5.41, 5.74) is 0. The van der Waals surface area contributed by atoms with Gasteiger partial charge in [-0.25, -0.2) is 4.98 Å². The molecule has 0 fully saturated rings. The van der Waals surface area contributed by atoms with Crippen molar-refractivity contribution in [1.29, 1.82) is 0 Å². The Labute approximate surface area is 132 Å². The number of thioether (sulfide) groups is 1. The quantitative estimate of drug-likeness (QED) is 0.827. The van der Waals surface area contributed by atoms with Crippen LogP contribution in [0.1, 0.15) is 19.7 Å². The zero-order valence-corrected chi connectivity index (χ0v) is 13.4. The maximum absolute atomic E-state index is 11.9. The van der Waals surface area contributed by atoms with Crippen LogP contribution in [0.5, 0.6) is 0 Å². The molecule has 6 nitrogen and oxygen atoms in total. The van der Waals surface area contributed by atoms with E-state index in [4.69, 9.17) is 11.6 Å². The number of rotatable bonds is 6. The predicted molar refractivity (Wildman–Crippen MR) is 83.7 cm³/mol. The van der Waals surface area contributed by atoms with Gasteiger partial charge in [0.1, 0.15) is 11.6 Å². The lowest BCUT2D eigenvalue weighted by atomic mass is 10.4. The molecule has 2 heterocycles. The molecule has 1 amide bonds. The molecule has 112 valence electrons. The van der Waals surface area contributed by atoms with Gasteiger partial charge >= 0.3 is 0 Å². The Bertz CT molecular complexity index is 614. The first kappa shape index (κ1) is 15.8. The van der Waals surface area contributed by atoms with Crippen molar-refractivity contribution in [2.24, 2.45) is 0 Å². The molecule has 0 aromatic carbocycles. The third-order valence-electron chi connectivity index (χ3n) is 2.75. The summed E-state index contributed by atoms with van der Waals surface area (Å²) in [6, 6.07) is 3.34. The van der Waals surface area contributed by atoms with E-state index >= 15 is 0 Å². The van der Waals surface area contributed by atoms with Gasteiger partial charge in [0.2, 0.25) is 5.91 Å². The van der Waals surface area contributed by atoms with Crippen molar-refractivity contribution in [2.75, 3.05) is 11.1 Å². The predicted octanol–water partition coefficient (Wildman–Crippen LogP) is 2.64. The average Bonchev–Trinajstić information content (AvgIpc) is 2.89. The molecule has 0 unspecified atom stereocenters. The summed E-state index contributed by atoms with van der Waals surface area (Å²) in [5, 5.41) is 12.2. The number of carbonyl (C=O) groups excluding carboxylic acids is 1. The lowest BCUT2D eigenvalue weighted by molar-refractivity contribution is -0.113. The Morgan fingerprint density at radius 2 is 2.19 bits per heavy atom. The van der Waals surface area contributed by atoms with Crippen molar-refractivity contribution in [3.05, 3.63) is 29.2 Å². The first-order chi connectivity index (χ1) is 10.1.